The third-order valence-corrected chi connectivity index (χ3v) is 50.3. The molecule has 4 aliphatic carbocycles. The maximum atomic E-state index is 12.6. The molecule has 0 aromatic rings. The van der Waals surface area contributed by atoms with Crippen molar-refractivity contribution in [2.45, 2.75) is 586 Å². The van der Waals surface area contributed by atoms with E-state index in [-0.39, 0.29) is 148 Å². The van der Waals surface area contributed by atoms with Crippen molar-refractivity contribution in [2.24, 2.45) is 114 Å². The molecule has 0 aromatic carbocycles. The Morgan fingerprint density at radius 1 is 0.222 bits per heavy atom. The van der Waals surface area contributed by atoms with Gasteiger partial charge < -0.3 is 52.1 Å². The van der Waals surface area contributed by atoms with E-state index < -0.39 is 78.4 Å². The minimum absolute atomic E-state index is 0.0241. The van der Waals surface area contributed by atoms with Crippen molar-refractivity contribution >= 4 is 11.9 Å². The quantitative estimate of drug-likeness (QED) is 0.247. The average Bonchev–Trinajstić information content (AvgIpc) is 0.637. The van der Waals surface area contributed by atoms with Gasteiger partial charge in [0, 0.05) is 32.6 Å². The number of carbonyl (C=O) groups excluding carboxylic acids is 2. The summed E-state index contributed by atoms with van der Waals surface area (Å²) in [6.45, 7) is 160. The molecule has 13 nitrogen and oxygen atoms in total. The molecule has 4 saturated carbocycles. The van der Waals surface area contributed by atoms with Crippen molar-refractivity contribution < 1.29 is 61.7 Å². The van der Waals surface area contributed by atoms with E-state index in [9.17, 15) is 9.59 Å². The minimum atomic E-state index is -0.953. The van der Waals surface area contributed by atoms with Gasteiger partial charge in [0.05, 0.1) is 83.6 Å². The molecule has 4 atom stereocenters. The molecule has 740 valence electrons. The van der Waals surface area contributed by atoms with E-state index in [0.717, 1.165) is 11.1 Å². The maximum Gasteiger partial charge on any atom is 0.334 e. The van der Waals surface area contributed by atoms with E-state index >= 15 is 0 Å². The van der Waals surface area contributed by atoms with Gasteiger partial charge in [0.1, 0.15) is 16.8 Å². The van der Waals surface area contributed by atoms with Gasteiger partial charge in [-0.05, 0) is 331 Å². The zero-order chi connectivity index (χ0) is 102. The zero-order valence-corrected chi connectivity index (χ0v) is 96.8. The van der Waals surface area contributed by atoms with E-state index in [1.165, 1.54) is 0 Å². The van der Waals surface area contributed by atoms with Crippen molar-refractivity contribution in [1.82, 2.24) is 0 Å². The number of cyclic esters (lactones) is 1. The van der Waals surface area contributed by atoms with Crippen LogP contribution in [0.3, 0.4) is 0 Å². The van der Waals surface area contributed by atoms with Crippen LogP contribution in [0.25, 0.3) is 0 Å². The van der Waals surface area contributed by atoms with Gasteiger partial charge in [0.25, 0.3) is 0 Å². The molecule has 8 aliphatic heterocycles. The van der Waals surface area contributed by atoms with Gasteiger partial charge in [-0.2, -0.15) is 0 Å². The molecule has 0 aromatic heterocycles. The highest BCUT2D eigenvalue weighted by atomic mass is 16.9. The lowest BCUT2D eigenvalue weighted by molar-refractivity contribution is -0.550. The van der Waals surface area contributed by atoms with Crippen LogP contribution in [-0.2, 0) is 61.7 Å². The summed E-state index contributed by atoms with van der Waals surface area (Å²) in [6, 6.07) is 0. The largest absolute Gasteiger partial charge is 0.458 e. The lowest BCUT2D eigenvalue weighted by Gasteiger charge is -2.98. The predicted octanol–water partition coefficient (Wildman–Crippen LogP) is 30.9. The highest BCUT2D eigenvalue weighted by Gasteiger charge is 2.96. The SMILES string of the molecule is CC1(C)C2(C)C(C)(C)C3(C)C(C)(C)C1(C)C(C)(C)C(C)(C2(C)C)C3(C)C.CC1(C)OC(C)(C(C)(C)OC(C)(C)C2(C)C(C)(C)OC(C)(C)C(C)(C)C2(C)C)C(C)(C)C(C)(C)C1(C)C.CC1(C)OC(C)(C)C(C)(C)C1(C)C.CC1(C)OC(C)(C)C2(C)C(C)(C)C(=O)OC2(C)C1(C)C.CC1(C)OC2(C)OC(C)(C)C(C)(C)OC2(C)OC1(C)C.CC1=C(C)C(C)(C)OC1=O. The van der Waals surface area contributed by atoms with Gasteiger partial charge in [-0.15, -0.1) is 0 Å². The van der Waals surface area contributed by atoms with Crippen LogP contribution in [0.15, 0.2) is 11.1 Å². The number of rotatable bonds is 4. The van der Waals surface area contributed by atoms with E-state index in [2.05, 4.69) is 374 Å². The van der Waals surface area contributed by atoms with Crippen molar-refractivity contribution in [3.63, 3.8) is 0 Å². The number of fused-ring (bicyclic) bond motifs is 2. The van der Waals surface area contributed by atoms with Crippen LogP contribution in [0.5, 0.6) is 0 Å². The molecule has 11 fully saturated rings. The van der Waals surface area contributed by atoms with Crippen LogP contribution in [0.1, 0.15) is 485 Å². The first-order chi connectivity index (χ1) is 53.7. The van der Waals surface area contributed by atoms with Gasteiger partial charge in [-0.3, -0.25) is 4.79 Å². The first-order valence-electron chi connectivity index (χ1n) is 49.1. The van der Waals surface area contributed by atoms with Gasteiger partial charge in [-0.1, -0.05) is 235 Å². The topological polar surface area (TPSA) is 136 Å². The maximum absolute atomic E-state index is 12.6. The number of carbonyl (C=O) groups is 2. The summed E-state index contributed by atoms with van der Waals surface area (Å²) in [5.41, 5.74) is -4.13. The Labute approximate surface area is 779 Å². The summed E-state index contributed by atoms with van der Waals surface area (Å²) in [4.78, 5) is 23.5. The highest BCUT2D eigenvalue weighted by molar-refractivity contribution is 5.92. The Hall–Kier alpha value is -1.68. The molecule has 0 radical (unpaired) electrons. The number of ether oxygens (including phenoxy) is 11. The second kappa shape index (κ2) is 28.3. The molecule has 126 heavy (non-hydrogen) atoms. The number of esters is 2. The third-order valence-electron chi connectivity index (χ3n) is 50.3. The van der Waals surface area contributed by atoms with E-state index in [1.807, 2.05) is 104 Å². The lowest BCUT2D eigenvalue weighted by atomic mass is 9.05. The molecular weight excluding hydrogens is 1570 g/mol. The zero-order valence-electron chi connectivity index (χ0n) is 96.8. The summed E-state index contributed by atoms with van der Waals surface area (Å²) in [7, 11) is 0. The fourth-order valence-corrected chi connectivity index (χ4v) is 32.4. The van der Waals surface area contributed by atoms with Gasteiger partial charge >= 0.3 is 11.9 Å². The summed E-state index contributed by atoms with van der Waals surface area (Å²) in [6.07, 6.45) is 0. The van der Waals surface area contributed by atoms with Gasteiger partial charge in [-0.25, -0.2) is 4.79 Å². The standard InChI is InChI=1S/C34H66O3.C26H48.C17H30O3.C16H30O4.C12H24O.C8H12O2/c1-23(2)24(3,4)29(13,14)37-34(22,27(23,9)10)32(19,20)36-31(17,18)33(21)26(7,8)25(5,6)28(11,12)35-30(33,15)16;1-17(2)23(13)18(3,4)25(15)20(7,8)24(17,14)21(9,10)26(16,19(23,5)6)22(25,11)12;1-12(2)11(18)19-17(10)13(3,4)14(5,6)20-15(7,8)16(12,17)9;1-11(2)12(3,4)18-16(10)15(9,17-11)19-13(5,6)14(7,8)20-16;1-9(2)10(3,4)12(7,8)13-11(9,5)6;1-5-6(2)8(3,4)10-7(5)9/h1-22H3;1-16H3;2*1-10H3;1-8H3;1-4H3. The summed E-state index contributed by atoms with van der Waals surface area (Å²) in [5.74, 6) is -2.21. The molecular formula is C113H210O13. The summed E-state index contributed by atoms with van der Waals surface area (Å²) >= 11 is 0. The Morgan fingerprint density at radius 3 is 0.698 bits per heavy atom. The molecule has 12 rings (SSSR count). The van der Waals surface area contributed by atoms with Crippen LogP contribution < -0.4 is 0 Å². The Balaban J connectivity index is 0.000000244. The van der Waals surface area contributed by atoms with Crippen molar-refractivity contribution in [2.75, 3.05) is 0 Å². The van der Waals surface area contributed by atoms with Crippen LogP contribution in [0.4, 0.5) is 0 Å². The second-order valence-electron chi connectivity index (χ2n) is 59.2. The monoisotopic (exact) mass is 1780 g/mol. The summed E-state index contributed by atoms with van der Waals surface area (Å²) < 4.78 is 71.0. The Bertz CT molecular complexity index is 3950. The molecule has 0 spiro atoms. The lowest BCUT2D eigenvalue weighted by Crippen LogP contribution is -2.94. The average molecular weight is 1780 g/mol. The van der Waals surface area contributed by atoms with E-state index in [0.29, 0.717) is 0 Å². The normalized spacial score (nSPS) is 41.3. The minimum Gasteiger partial charge on any atom is -0.458 e. The summed E-state index contributed by atoms with van der Waals surface area (Å²) in [5, 5.41) is 0. The molecule has 7 saturated heterocycles. The smallest absolute Gasteiger partial charge is 0.334 e. The van der Waals surface area contributed by atoms with Gasteiger partial charge in [0.2, 0.25) is 11.6 Å². The fourth-order valence-electron chi connectivity index (χ4n) is 32.4. The van der Waals surface area contributed by atoms with Gasteiger partial charge in [0.15, 0.2) is 0 Å². The number of hydrogen-bond donors (Lipinski definition) is 0. The van der Waals surface area contributed by atoms with Crippen LogP contribution in [0.2, 0.25) is 0 Å². The molecule has 8 heterocycles. The molecule has 12 aliphatic rings. The fraction of sp³-hybridized carbons (Fsp3) is 0.965. The Morgan fingerprint density at radius 2 is 0.460 bits per heavy atom. The molecule has 0 amide bonds. The third kappa shape index (κ3) is 12.5. The van der Waals surface area contributed by atoms with Crippen LogP contribution in [-0.4, -0.2) is 113 Å². The molecule has 4 bridgehead atoms. The highest BCUT2D eigenvalue weighted by Crippen LogP contribution is 3.01. The second-order valence-corrected chi connectivity index (χ2v) is 59.2. The molecule has 13 heteroatoms. The number of hydrogen-bond acceptors (Lipinski definition) is 13. The molecule has 4 unspecified atom stereocenters. The molecule has 0 N–H and O–H groups in total. The van der Waals surface area contributed by atoms with Crippen molar-refractivity contribution in [1.29, 1.82) is 0 Å². The first-order valence-corrected chi connectivity index (χ1v) is 49.1. The van der Waals surface area contributed by atoms with Crippen LogP contribution in [0, 0.1) is 114 Å². The van der Waals surface area contributed by atoms with Crippen molar-refractivity contribution in [3.8, 4) is 0 Å². The van der Waals surface area contributed by atoms with E-state index in [1.54, 1.807) is 6.92 Å². The van der Waals surface area contributed by atoms with E-state index in [4.69, 9.17) is 52.1 Å². The van der Waals surface area contributed by atoms with Crippen molar-refractivity contribution in [3.05, 3.63) is 11.1 Å². The predicted molar refractivity (Wildman–Crippen MR) is 526 cm³/mol. The van der Waals surface area contributed by atoms with Crippen LogP contribution >= 0.6 is 0 Å². The Kier molecular flexibility index (Phi) is 25.4. The first kappa shape index (κ1) is 113.